The summed E-state index contributed by atoms with van der Waals surface area (Å²) in [6, 6.07) is 0. The molecule has 5 heterocycles. The van der Waals surface area contributed by atoms with E-state index in [0.717, 1.165) is 37.6 Å². The quantitative estimate of drug-likeness (QED) is 0.646. The minimum Gasteiger partial charge on any atom is -0.356 e. The van der Waals surface area contributed by atoms with Gasteiger partial charge < -0.3 is 9.80 Å². The minimum absolute atomic E-state index is 0.0432. The van der Waals surface area contributed by atoms with Crippen LogP contribution in [0.2, 0.25) is 0 Å². The van der Waals surface area contributed by atoms with Crippen LogP contribution in [0.3, 0.4) is 0 Å². The molecule has 0 spiro atoms. The second kappa shape index (κ2) is 5.77. The molecular formula is C18H22N8O. The van der Waals surface area contributed by atoms with E-state index in [2.05, 4.69) is 36.8 Å². The van der Waals surface area contributed by atoms with Crippen LogP contribution in [0.25, 0.3) is 11.0 Å². The summed E-state index contributed by atoms with van der Waals surface area (Å²) in [5.41, 5.74) is 1.59. The van der Waals surface area contributed by atoms with Crippen LogP contribution in [-0.2, 0) is 14.1 Å². The molecule has 2 atom stereocenters. The fourth-order valence-electron chi connectivity index (χ4n) is 4.49. The highest BCUT2D eigenvalue weighted by molar-refractivity contribution is 5.74. The van der Waals surface area contributed by atoms with Crippen LogP contribution in [-0.4, -0.2) is 55.5 Å². The van der Waals surface area contributed by atoms with E-state index in [9.17, 15) is 4.79 Å². The maximum atomic E-state index is 12.7. The summed E-state index contributed by atoms with van der Waals surface area (Å²) in [6.07, 6.45) is 5.21. The molecule has 27 heavy (non-hydrogen) atoms. The van der Waals surface area contributed by atoms with Crippen LogP contribution in [0.1, 0.15) is 5.56 Å². The molecule has 3 aromatic heterocycles. The minimum atomic E-state index is -0.0432. The number of rotatable bonds is 2. The van der Waals surface area contributed by atoms with Gasteiger partial charge in [0.1, 0.15) is 17.5 Å². The van der Waals surface area contributed by atoms with E-state index < -0.39 is 0 Å². The maximum Gasteiger partial charge on any atom is 0.265 e. The van der Waals surface area contributed by atoms with E-state index in [-0.39, 0.29) is 5.56 Å². The van der Waals surface area contributed by atoms with Crippen LogP contribution >= 0.6 is 0 Å². The number of fused-ring (bicyclic) bond motifs is 2. The predicted molar refractivity (Wildman–Crippen MR) is 102 cm³/mol. The Hall–Kier alpha value is -2.97. The lowest BCUT2D eigenvalue weighted by Gasteiger charge is -2.24. The lowest BCUT2D eigenvalue weighted by atomic mass is 10.0. The van der Waals surface area contributed by atoms with E-state index in [4.69, 9.17) is 0 Å². The average Bonchev–Trinajstić information content (AvgIpc) is 3.30. The molecule has 0 bridgehead atoms. The molecule has 3 aromatic rings. The van der Waals surface area contributed by atoms with Gasteiger partial charge in [-0.25, -0.2) is 9.97 Å². The summed E-state index contributed by atoms with van der Waals surface area (Å²) in [7, 11) is 3.60. The van der Waals surface area contributed by atoms with Crippen molar-refractivity contribution in [2.75, 3.05) is 36.0 Å². The first-order chi connectivity index (χ1) is 13.0. The SMILES string of the molecule is Cc1cncnc1N1CC2CN(c3nc4nn(C)cc4c(=O)n3C)CC2C1. The Labute approximate surface area is 156 Å². The maximum absolute atomic E-state index is 12.7. The predicted octanol–water partition coefficient (Wildman–Crippen LogP) is 0.338. The van der Waals surface area contributed by atoms with Crippen molar-refractivity contribution in [3.8, 4) is 0 Å². The number of hydrogen-bond acceptors (Lipinski definition) is 7. The highest BCUT2D eigenvalue weighted by Crippen LogP contribution is 2.35. The third-order valence-electron chi connectivity index (χ3n) is 5.79. The Kier molecular flexibility index (Phi) is 3.46. The van der Waals surface area contributed by atoms with Crippen LogP contribution in [0.4, 0.5) is 11.8 Å². The molecule has 2 aliphatic rings. The van der Waals surface area contributed by atoms with Gasteiger partial charge in [-0.05, 0) is 6.92 Å². The molecule has 2 fully saturated rings. The van der Waals surface area contributed by atoms with Gasteiger partial charge in [-0.3, -0.25) is 14.0 Å². The van der Waals surface area contributed by atoms with Gasteiger partial charge in [-0.2, -0.15) is 10.1 Å². The van der Waals surface area contributed by atoms with Crippen molar-refractivity contribution in [1.29, 1.82) is 0 Å². The van der Waals surface area contributed by atoms with E-state index in [0.29, 0.717) is 28.8 Å². The number of aromatic nitrogens is 6. The van der Waals surface area contributed by atoms with Crippen LogP contribution in [0.15, 0.2) is 23.5 Å². The van der Waals surface area contributed by atoms with Gasteiger partial charge in [0.2, 0.25) is 5.95 Å². The number of hydrogen-bond donors (Lipinski definition) is 0. The second-order valence-electron chi connectivity index (χ2n) is 7.68. The zero-order valence-electron chi connectivity index (χ0n) is 15.7. The molecule has 0 saturated carbocycles. The first kappa shape index (κ1) is 16.2. The lowest BCUT2D eigenvalue weighted by Crippen LogP contribution is -2.33. The Bertz CT molecular complexity index is 1070. The Morgan fingerprint density at radius 1 is 1.07 bits per heavy atom. The summed E-state index contributed by atoms with van der Waals surface area (Å²) in [5, 5.41) is 4.89. The Morgan fingerprint density at radius 2 is 1.78 bits per heavy atom. The smallest absolute Gasteiger partial charge is 0.265 e. The summed E-state index contributed by atoms with van der Waals surface area (Å²) in [4.78, 5) is 30.5. The molecule has 140 valence electrons. The third kappa shape index (κ3) is 2.48. The number of aryl methyl sites for hydroxylation is 2. The normalized spacial score (nSPS) is 22.0. The largest absolute Gasteiger partial charge is 0.356 e. The number of nitrogens with zero attached hydrogens (tertiary/aromatic N) is 8. The molecular weight excluding hydrogens is 344 g/mol. The highest BCUT2D eigenvalue weighted by atomic mass is 16.1. The third-order valence-corrected chi connectivity index (χ3v) is 5.79. The molecule has 5 rings (SSSR count). The lowest BCUT2D eigenvalue weighted by molar-refractivity contribution is 0.533. The van der Waals surface area contributed by atoms with Crippen molar-refractivity contribution in [3.05, 3.63) is 34.6 Å². The van der Waals surface area contributed by atoms with E-state index in [1.807, 2.05) is 13.2 Å². The van der Waals surface area contributed by atoms with Crippen LogP contribution in [0, 0.1) is 18.8 Å². The van der Waals surface area contributed by atoms with Crippen LogP contribution in [0.5, 0.6) is 0 Å². The summed E-state index contributed by atoms with van der Waals surface area (Å²) in [5.74, 6) is 2.82. The topological polar surface area (TPSA) is 85.0 Å². The first-order valence-corrected chi connectivity index (χ1v) is 9.18. The van der Waals surface area contributed by atoms with Crippen LogP contribution < -0.4 is 15.4 Å². The van der Waals surface area contributed by atoms with Gasteiger partial charge in [0, 0.05) is 70.1 Å². The highest BCUT2D eigenvalue weighted by Gasteiger charge is 2.41. The molecule has 2 aliphatic heterocycles. The molecule has 0 aromatic carbocycles. The van der Waals surface area contributed by atoms with Gasteiger partial charge in [0.05, 0.1) is 0 Å². The summed E-state index contributed by atoms with van der Waals surface area (Å²) in [6.45, 7) is 5.78. The number of anilines is 2. The van der Waals surface area contributed by atoms with Gasteiger partial charge in [-0.1, -0.05) is 0 Å². The molecule has 0 amide bonds. The van der Waals surface area contributed by atoms with Crippen molar-refractivity contribution >= 4 is 22.8 Å². The van der Waals surface area contributed by atoms with Crippen molar-refractivity contribution < 1.29 is 0 Å². The molecule has 0 radical (unpaired) electrons. The molecule has 0 aliphatic carbocycles. The second-order valence-corrected chi connectivity index (χ2v) is 7.68. The van der Waals surface area contributed by atoms with Gasteiger partial charge in [0.15, 0.2) is 5.65 Å². The Morgan fingerprint density at radius 3 is 2.48 bits per heavy atom. The average molecular weight is 366 g/mol. The fraction of sp³-hybridized carbons (Fsp3) is 0.500. The van der Waals surface area contributed by atoms with Crippen molar-refractivity contribution in [2.45, 2.75) is 6.92 Å². The zero-order valence-corrected chi connectivity index (χ0v) is 15.7. The standard InChI is InChI=1S/C18H22N8O/c1-11-4-19-10-20-16(11)25-5-12-7-26(8-13(12)6-25)18-21-15-14(9-23(2)22-15)17(27)24(18)3/h4,9-10,12-13H,5-8H2,1-3H3. The van der Waals surface area contributed by atoms with Crippen molar-refractivity contribution in [2.24, 2.45) is 25.9 Å². The molecule has 2 unspecified atom stereocenters. The zero-order chi connectivity index (χ0) is 18.7. The fourth-order valence-corrected chi connectivity index (χ4v) is 4.49. The van der Waals surface area contributed by atoms with E-state index in [1.165, 1.54) is 0 Å². The van der Waals surface area contributed by atoms with Gasteiger partial charge >= 0.3 is 0 Å². The van der Waals surface area contributed by atoms with E-state index in [1.54, 1.807) is 28.8 Å². The summed E-state index contributed by atoms with van der Waals surface area (Å²) < 4.78 is 3.29. The van der Waals surface area contributed by atoms with Crippen molar-refractivity contribution in [3.63, 3.8) is 0 Å². The van der Waals surface area contributed by atoms with Crippen molar-refractivity contribution in [1.82, 2.24) is 29.3 Å². The molecule has 0 N–H and O–H groups in total. The molecule has 9 heteroatoms. The molecule has 2 saturated heterocycles. The van der Waals surface area contributed by atoms with Gasteiger partial charge in [0.25, 0.3) is 5.56 Å². The van der Waals surface area contributed by atoms with Gasteiger partial charge in [-0.15, -0.1) is 0 Å². The first-order valence-electron chi connectivity index (χ1n) is 9.18. The summed E-state index contributed by atoms with van der Waals surface area (Å²) >= 11 is 0. The monoisotopic (exact) mass is 366 g/mol. The van der Waals surface area contributed by atoms with E-state index >= 15 is 0 Å². The Balaban J connectivity index is 1.41. The molecule has 9 nitrogen and oxygen atoms in total.